The molecule has 0 amide bonds. The van der Waals surface area contributed by atoms with Gasteiger partial charge in [-0.15, -0.1) is 0 Å². The van der Waals surface area contributed by atoms with E-state index in [9.17, 15) is 4.79 Å². The zero-order valence-electron chi connectivity index (χ0n) is 12.4. The lowest BCUT2D eigenvalue weighted by molar-refractivity contribution is -0.137. The van der Waals surface area contributed by atoms with Gasteiger partial charge in [0.05, 0.1) is 23.4 Å². The van der Waals surface area contributed by atoms with Gasteiger partial charge in [-0.3, -0.25) is 10.4 Å². The maximum absolute atomic E-state index is 11.7. The van der Waals surface area contributed by atoms with Crippen molar-refractivity contribution in [1.82, 2.24) is 9.88 Å². The highest BCUT2D eigenvalue weighted by Gasteiger charge is 2.21. The molecule has 0 aliphatic carbocycles. The standard InChI is InChI=1S/C15H17N5O2/c1-3-22-15(21)10-8-19-14(20(2)9-10)12(13(16)17)11-6-4-5-7-18-11/h4-9H,3H2,1-2H3,(H3,16,17)/b14-12-. The Morgan fingerprint density at radius 1 is 1.45 bits per heavy atom. The van der Waals surface area contributed by atoms with Gasteiger partial charge in [0.2, 0.25) is 0 Å². The summed E-state index contributed by atoms with van der Waals surface area (Å²) < 4.78 is 4.94. The second-order valence-electron chi connectivity index (χ2n) is 4.50. The van der Waals surface area contributed by atoms with Crippen molar-refractivity contribution in [2.24, 2.45) is 10.7 Å². The number of aromatic nitrogens is 1. The Labute approximate surface area is 128 Å². The zero-order valence-corrected chi connectivity index (χ0v) is 12.4. The largest absolute Gasteiger partial charge is 0.462 e. The van der Waals surface area contributed by atoms with Gasteiger partial charge in [0, 0.05) is 25.7 Å². The number of nitrogens with two attached hydrogens (primary N) is 1. The Balaban J connectivity index is 2.42. The minimum absolute atomic E-state index is 0.148. The topological polar surface area (TPSA) is 105 Å². The van der Waals surface area contributed by atoms with Crippen LogP contribution in [0.3, 0.4) is 0 Å². The lowest BCUT2D eigenvalue weighted by Crippen LogP contribution is -2.24. The van der Waals surface area contributed by atoms with Crippen LogP contribution in [0, 0.1) is 5.41 Å². The van der Waals surface area contributed by atoms with Crippen LogP contribution in [0.25, 0.3) is 5.57 Å². The summed E-state index contributed by atoms with van der Waals surface area (Å²) in [6.45, 7) is 2.03. The summed E-state index contributed by atoms with van der Waals surface area (Å²) in [5.41, 5.74) is 6.95. The molecule has 7 nitrogen and oxygen atoms in total. The van der Waals surface area contributed by atoms with Crippen LogP contribution in [0.15, 0.2) is 47.0 Å². The smallest absolute Gasteiger partial charge is 0.341 e. The molecular formula is C15H17N5O2. The van der Waals surface area contributed by atoms with Crippen LogP contribution in [0.5, 0.6) is 0 Å². The van der Waals surface area contributed by atoms with Crippen molar-refractivity contribution in [1.29, 1.82) is 5.41 Å². The van der Waals surface area contributed by atoms with E-state index in [1.807, 2.05) is 0 Å². The van der Waals surface area contributed by atoms with Crippen LogP contribution in [-0.2, 0) is 9.53 Å². The number of amidine groups is 1. The lowest BCUT2D eigenvalue weighted by Gasteiger charge is -2.22. The fourth-order valence-electron chi connectivity index (χ4n) is 1.97. The van der Waals surface area contributed by atoms with Crippen LogP contribution in [0.2, 0.25) is 0 Å². The minimum Gasteiger partial charge on any atom is -0.462 e. The van der Waals surface area contributed by atoms with E-state index in [2.05, 4.69) is 9.98 Å². The molecule has 114 valence electrons. The van der Waals surface area contributed by atoms with E-state index in [-0.39, 0.29) is 5.84 Å². The van der Waals surface area contributed by atoms with Gasteiger partial charge in [0.1, 0.15) is 11.7 Å². The number of pyridine rings is 1. The second kappa shape index (κ2) is 6.66. The van der Waals surface area contributed by atoms with Crippen LogP contribution in [0.4, 0.5) is 0 Å². The van der Waals surface area contributed by atoms with Gasteiger partial charge in [-0.25, -0.2) is 9.79 Å². The molecule has 1 aliphatic heterocycles. The van der Waals surface area contributed by atoms with E-state index < -0.39 is 5.97 Å². The first-order valence-electron chi connectivity index (χ1n) is 6.70. The Bertz CT molecular complexity index is 676. The molecule has 0 atom stereocenters. The molecule has 1 aliphatic rings. The van der Waals surface area contributed by atoms with Gasteiger partial charge in [0.25, 0.3) is 0 Å². The quantitative estimate of drug-likeness (QED) is 0.493. The molecule has 0 saturated heterocycles. The molecule has 3 N–H and O–H groups in total. The third kappa shape index (κ3) is 3.20. The van der Waals surface area contributed by atoms with Crippen molar-refractivity contribution in [3.8, 4) is 0 Å². The van der Waals surface area contributed by atoms with Crippen LogP contribution in [0.1, 0.15) is 12.6 Å². The maximum Gasteiger partial charge on any atom is 0.341 e. The van der Waals surface area contributed by atoms with Crippen molar-refractivity contribution < 1.29 is 9.53 Å². The van der Waals surface area contributed by atoms with Crippen LogP contribution in [-0.4, -0.2) is 41.6 Å². The molecule has 0 radical (unpaired) electrons. The third-order valence-electron chi connectivity index (χ3n) is 2.92. The Morgan fingerprint density at radius 3 is 2.77 bits per heavy atom. The zero-order chi connectivity index (χ0) is 16.1. The highest BCUT2D eigenvalue weighted by atomic mass is 16.5. The van der Waals surface area contributed by atoms with Gasteiger partial charge in [-0.2, -0.15) is 0 Å². The molecule has 0 unspecified atom stereocenters. The van der Waals surface area contributed by atoms with Crippen molar-refractivity contribution in [3.05, 3.63) is 47.7 Å². The fraction of sp³-hybridized carbons (Fsp3) is 0.200. The third-order valence-corrected chi connectivity index (χ3v) is 2.92. The number of aliphatic imine (C=N–C) groups is 1. The number of carbonyl (C=O) groups is 1. The van der Waals surface area contributed by atoms with Gasteiger partial charge < -0.3 is 15.4 Å². The number of nitrogens with one attached hydrogen (secondary N) is 1. The van der Waals surface area contributed by atoms with Gasteiger partial charge >= 0.3 is 5.97 Å². The number of ether oxygens (including phenoxy) is 1. The first kappa shape index (κ1) is 15.4. The summed E-state index contributed by atoms with van der Waals surface area (Å²) >= 11 is 0. The summed E-state index contributed by atoms with van der Waals surface area (Å²) in [5.74, 6) is -0.149. The Morgan fingerprint density at radius 2 is 2.23 bits per heavy atom. The minimum atomic E-state index is -0.445. The normalized spacial score (nSPS) is 16.1. The number of hydrogen-bond donors (Lipinski definition) is 2. The molecule has 0 fully saturated rings. The average molecular weight is 299 g/mol. The fourth-order valence-corrected chi connectivity index (χ4v) is 1.97. The highest BCUT2D eigenvalue weighted by molar-refractivity contribution is 6.21. The van der Waals surface area contributed by atoms with E-state index in [0.29, 0.717) is 29.3 Å². The molecule has 0 saturated carbocycles. The monoisotopic (exact) mass is 299 g/mol. The molecule has 0 spiro atoms. The second-order valence-corrected chi connectivity index (χ2v) is 4.50. The van der Waals surface area contributed by atoms with Gasteiger partial charge in [-0.1, -0.05) is 6.07 Å². The molecule has 2 heterocycles. The summed E-state index contributed by atoms with van der Waals surface area (Å²) in [4.78, 5) is 21.8. The summed E-state index contributed by atoms with van der Waals surface area (Å²) in [7, 11) is 1.72. The summed E-state index contributed by atoms with van der Waals surface area (Å²) in [6, 6.07) is 5.33. The average Bonchev–Trinajstić information content (AvgIpc) is 2.50. The van der Waals surface area contributed by atoms with E-state index in [1.165, 1.54) is 6.21 Å². The Kier molecular flexibility index (Phi) is 4.67. The van der Waals surface area contributed by atoms with E-state index in [0.717, 1.165) is 0 Å². The molecule has 0 bridgehead atoms. The molecule has 2 rings (SSSR count). The SMILES string of the molecule is CCOC(=O)C1=CN(C)/C(=C(\C(=N)N)c2ccccn2)N=C1. The summed E-state index contributed by atoms with van der Waals surface area (Å²) in [5, 5.41) is 7.78. The summed E-state index contributed by atoms with van der Waals surface area (Å²) in [6.07, 6.45) is 4.61. The molecule has 1 aromatic rings. The van der Waals surface area contributed by atoms with Crippen LogP contribution >= 0.6 is 0 Å². The number of carbonyl (C=O) groups excluding carboxylic acids is 1. The van der Waals surface area contributed by atoms with E-state index in [1.54, 1.807) is 49.5 Å². The predicted molar refractivity (Wildman–Crippen MR) is 84.0 cm³/mol. The first-order chi connectivity index (χ1) is 10.5. The lowest BCUT2D eigenvalue weighted by atomic mass is 10.1. The molecular weight excluding hydrogens is 282 g/mol. The van der Waals surface area contributed by atoms with Crippen molar-refractivity contribution in [2.75, 3.05) is 13.7 Å². The molecule has 22 heavy (non-hydrogen) atoms. The predicted octanol–water partition coefficient (Wildman–Crippen LogP) is 1.15. The molecule has 0 aromatic carbocycles. The van der Waals surface area contributed by atoms with Crippen molar-refractivity contribution >= 4 is 23.6 Å². The number of esters is 1. The number of nitrogens with zero attached hydrogens (tertiary/aromatic N) is 3. The highest BCUT2D eigenvalue weighted by Crippen LogP contribution is 2.23. The van der Waals surface area contributed by atoms with Gasteiger partial charge in [0.15, 0.2) is 0 Å². The van der Waals surface area contributed by atoms with Crippen LogP contribution < -0.4 is 5.73 Å². The number of rotatable bonds is 4. The first-order valence-corrected chi connectivity index (χ1v) is 6.70. The maximum atomic E-state index is 11.7. The number of hydrogen-bond acceptors (Lipinski definition) is 6. The van der Waals surface area contributed by atoms with Gasteiger partial charge in [-0.05, 0) is 19.1 Å². The van der Waals surface area contributed by atoms with Crippen molar-refractivity contribution in [2.45, 2.75) is 6.92 Å². The molecule has 1 aromatic heterocycles. The van der Waals surface area contributed by atoms with Crippen molar-refractivity contribution in [3.63, 3.8) is 0 Å². The van der Waals surface area contributed by atoms with E-state index in [4.69, 9.17) is 15.9 Å². The Hall–Kier alpha value is -2.96. The molecule has 7 heteroatoms. The van der Waals surface area contributed by atoms with E-state index >= 15 is 0 Å².